The molecule has 27 heavy (non-hydrogen) atoms. The van der Waals surface area contributed by atoms with Gasteiger partial charge in [0, 0.05) is 24.7 Å². The lowest BCUT2D eigenvalue weighted by Crippen LogP contribution is -2.43. The number of amides is 1. The van der Waals surface area contributed by atoms with Crippen molar-refractivity contribution in [1.82, 2.24) is 15.3 Å². The van der Waals surface area contributed by atoms with Crippen molar-refractivity contribution in [3.63, 3.8) is 0 Å². The summed E-state index contributed by atoms with van der Waals surface area (Å²) in [5.74, 6) is 0.894. The number of imidazole rings is 1. The Kier molecular flexibility index (Phi) is 5.03. The van der Waals surface area contributed by atoms with Gasteiger partial charge in [0.25, 0.3) is 0 Å². The number of nitrogens with one attached hydrogen (secondary N) is 2. The molecule has 2 aromatic carbocycles. The average Bonchev–Trinajstić information content (AvgIpc) is 3.10. The molecule has 1 amide bonds. The first-order valence-electron chi connectivity index (χ1n) is 9.32. The van der Waals surface area contributed by atoms with Crippen molar-refractivity contribution in [3.8, 4) is 0 Å². The Bertz CT molecular complexity index is 968. The second-order valence-electron chi connectivity index (χ2n) is 7.15. The molecule has 1 aliphatic rings. The maximum atomic E-state index is 12.7. The van der Waals surface area contributed by atoms with Gasteiger partial charge in [-0.3, -0.25) is 4.79 Å². The highest BCUT2D eigenvalue weighted by atomic mass is 35.5. The SMILES string of the molecule is Cc1ccccc1CNC(=O)C1CCCN(c2nc3ccc(Cl)cc3[nH]2)C1. The number of piperidine rings is 1. The van der Waals surface area contributed by atoms with Crippen LogP contribution < -0.4 is 10.2 Å². The van der Waals surface area contributed by atoms with E-state index in [9.17, 15) is 4.79 Å². The van der Waals surface area contributed by atoms with Crippen LogP contribution in [-0.2, 0) is 11.3 Å². The van der Waals surface area contributed by atoms with E-state index in [0.717, 1.165) is 41.9 Å². The van der Waals surface area contributed by atoms with Gasteiger partial charge >= 0.3 is 0 Å². The van der Waals surface area contributed by atoms with Crippen molar-refractivity contribution in [1.29, 1.82) is 0 Å². The number of carbonyl (C=O) groups excluding carboxylic acids is 1. The second kappa shape index (κ2) is 7.61. The molecule has 140 valence electrons. The van der Waals surface area contributed by atoms with Gasteiger partial charge < -0.3 is 15.2 Å². The third kappa shape index (κ3) is 3.93. The molecule has 3 aromatic rings. The van der Waals surface area contributed by atoms with Crippen LogP contribution in [0.4, 0.5) is 5.95 Å². The van der Waals surface area contributed by atoms with Crippen molar-refractivity contribution in [3.05, 3.63) is 58.6 Å². The van der Waals surface area contributed by atoms with Gasteiger partial charge in [-0.1, -0.05) is 35.9 Å². The number of aromatic nitrogens is 2. The monoisotopic (exact) mass is 382 g/mol. The Morgan fingerprint density at radius 2 is 2.19 bits per heavy atom. The molecule has 0 radical (unpaired) electrons. The lowest BCUT2D eigenvalue weighted by molar-refractivity contribution is -0.125. The summed E-state index contributed by atoms with van der Waals surface area (Å²) < 4.78 is 0. The van der Waals surface area contributed by atoms with Crippen LogP contribution in [0.15, 0.2) is 42.5 Å². The Balaban J connectivity index is 1.42. The van der Waals surface area contributed by atoms with E-state index in [4.69, 9.17) is 11.6 Å². The van der Waals surface area contributed by atoms with Gasteiger partial charge in [0.2, 0.25) is 11.9 Å². The van der Waals surface area contributed by atoms with Crippen LogP contribution in [0.25, 0.3) is 11.0 Å². The van der Waals surface area contributed by atoms with E-state index in [1.165, 1.54) is 5.56 Å². The minimum Gasteiger partial charge on any atom is -0.352 e. The van der Waals surface area contributed by atoms with Crippen LogP contribution in [0.2, 0.25) is 5.02 Å². The highest BCUT2D eigenvalue weighted by Gasteiger charge is 2.27. The molecule has 0 aliphatic carbocycles. The van der Waals surface area contributed by atoms with E-state index < -0.39 is 0 Å². The number of nitrogens with zero attached hydrogens (tertiary/aromatic N) is 2. The Morgan fingerprint density at radius 3 is 3.04 bits per heavy atom. The zero-order valence-corrected chi connectivity index (χ0v) is 16.1. The number of hydrogen-bond acceptors (Lipinski definition) is 3. The molecule has 1 aromatic heterocycles. The summed E-state index contributed by atoms with van der Waals surface area (Å²) in [5.41, 5.74) is 4.17. The maximum absolute atomic E-state index is 12.7. The molecule has 1 fully saturated rings. The molecule has 5 nitrogen and oxygen atoms in total. The average molecular weight is 383 g/mol. The van der Waals surface area contributed by atoms with E-state index in [1.807, 2.05) is 30.3 Å². The van der Waals surface area contributed by atoms with Crippen LogP contribution in [0.1, 0.15) is 24.0 Å². The van der Waals surface area contributed by atoms with Gasteiger partial charge in [0.05, 0.1) is 17.0 Å². The van der Waals surface area contributed by atoms with Crippen LogP contribution >= 0.6 is 11.6 Å². The van der Waals surface area contributed by atoms with Crippen LogP contribution in [0.5, 0.6) is 0 Å². The lowest BCUT2D eigenvalue weighted by atomic mass is 9.97. The fraction of sp³-hybridized carbons (Fsp3) is 0.333. The molecule has 0 bridgehead atoms. The number of hydrogen-bond donors (Lipinski definition) is 2. The smallest absolute Gasteiger partial charge is 0.225 e. The molecular weight excluding hydrogens is 360 g/mol. The van der Waals surface area contributed by atoms with Gasteiger partial charge in [0.15, 0.2) is 0 Å². The minimum absolute atomic E-state index is 0.0282. The largest absolute Gasteiger partial charge is 0.352 e. The molecule has 0 spiro atoms. The van der Waals surface area contributed by atoms with Gasteiger partial charge in [-0.25, -0.2) is 4.98 Å². The molecule has 0 saturated carbocycles. The first kappa shape index (κ1) is 17.9. The minimum atomic E-state index is -0.0282. The standard InChI is InChI=1S/C21H23ClN4O/c1-14-5-2-3-6-15(14)12-23-20(27)16-7-4-10-26(13-16)21-24-18-9-8-17(22)11-19(18)25-21/h2-3,5-6,8-9,11,16H,4,7,10,12-13H2,1H3,(H,23,27)(H,24,25). The van der Waals surface area contributed by atoms with Crippen molar-refractivity contribution >= 4 is 34.5 Å². The van der Waals surface area contributed by atoms with Gasteiger partial charge in [-0.05, 0) is 49.1 Å². The first-order chi connectivity index (χ1) is 13.1. The van der Waals surface area contributed by atoms with Gasteiger partial charge in [-0.2, -0.15) is 0 Å². The zero-order chi connectivity index (χ0) is 18.8. The predicted octanol–water partition coefficient (Wildman–Crippen LogP) is 4.06. The number of carbonyl (C=O) groups is 1. The van der Waals surface area contributed by atoms with Gasteiger partial charge in [-0.15, -0.1) is 0 Å². The summed E-state index contributed by atoms with van der Waals surface area (Å²) in [4.78, 5) is 22.8. The van der Waals surface area contributed by atoms with E-state index in [2.05, 4.69) is 39.2 Å². The highest BCUT2D eigenvalue weighted by Crippen LogP contribution is 2.25. The molecule has 1 atom stereocenters. The second-order valence-corrected chi connectivity index (χ2v) is 7.59. The molecular formula is C21H23ClN4O. The van der Waals surface area contributed by atoms with E-state index in [1.54, 1.807) is 0 Å². The topological polar surface area (TPSA) is 61.0 Å². The molecule has 1 unspecified atom stereocenters. The molecule has 1 saturated heterocycles. The van der Waals surface area contributed by atoms with E-state index in [-0.39, 0.29) is 11.8 Å². The Hall–Kier alpha value is -2.53. The third-order valence-electron chi connectivity index (χ3n) is 5.24. The number of anilines is 1. The first-order valence-corrected chi connectivity index (χ1v) is 9.70. The molecule has 6 heteroatoms. The molecule has 2 N–H and O–H groups in total. The fourth-order valence-corrected chi connectivity index (χ4v) is 3.81. The number of aryl methyl sites for hydroxylation is 1. The summed E-state index contributed by atoms with van der Waals surface area (Å²) in [6, 6.07) is 13.8. The molecule has 1 aliphatic heterocycles. The quantitative estimate of drug-likeness (QED) is 0.715. The van der Waals surface area contributed by atoms with Crippen molar-refractivity contribution in [2.45, 2.75) is 26.3 Å². The highest BCUT2D eigenvalue weighted by molar-refractivity contribution is 6.31. The van der Waals surface area contributed by atoms with Crippen molar-refractivity contribution < 1.29 is 4.79 Å². The van der Waals surface area contributed by atoms with Crippen LogP contribution in [-0.4, -0.2) is 29.0 Å². The number of fused-ring (bicyclic) bond motifs is 1. The van der Waals surface area contributed by atoms with Crippen molar-refractivity contribution in [2.24, 2.45) is 5.92 Å². The van der Waals surface area contributed by atoms with Crippen LogP contribution in [0, 0.1) is 12.8 Å². The number of aromatic amines is 1. The number of halogens is 1. The zero-order valence-electron chi connectivity index (χ0n) is 15.3. The van der Waals surface area contributed by atoms with Gasteiger partial charge in [0.1, 0.15) is 0 Å². The Labute approximate surface area is 163 Å². The number of benzene rings is 2. The third-order valence-corrected chi connectivity index (χ3v) is 5.47. The normalized spacial score (nSPS) is 17.3. The lowest BCUT2D eigenvalue weighted by Gasteiger charge is -2.31. The summed E-state index contributed by atoms with van der Waals surface area (Å²) in [6.45, 7) is 4.21. The fourth-order valence-electron chi connectivity index (χ4n) is 3.64. The molecule has 4 rings (SSSR count). The number of rotatable bonds is 4. The van der Waals surface area contributed by atoms with E-state index in [0.29, 0.717) is 18.1 Å². The number of H-pyrrole nitrogens is 1. The summed E-state index contributed by atoms with van der Waals surface area (Å²) in [7, 11) is 0. The van der Waals surface area contributed by atoms with E-state index >= 15 is 0 Å². The van der Waals surface area contributed by atoms with Crippen molar-refractivity contribution in [2.75, 3.05) is 18.0 Å². The summed E-state index contributed by atoms with van der Waals surface area (Å²) in [5, 5.41) is 3.79. The maximum Gasteiger partial charge on any atom is 0.225 e. The van der Waals surface area contributed by atoms with Crippen LogP contribution in [0.3, 0.4) is 0 Å². The predicted molar refractivity (Wildman–Crippen MR) is 109 cm³/mol. The summed E-state index contributed by atoms with van der Waals surface area (Å²) in [6.07, 6.45) is 1.88. The molecule has 2 heterocycles. The summed E-state index contributed by atoms with van der Waals surface area (Å²) >= 11 is 6.06. The Morgan fingerprint density at radius 1 is 1.33 bits per heavy atom.